The normalized spacial score (nSPS) is 12.7. The number of nitrogens with zero attached hydrogens (tertiary/aromatic N) is 1. The van der Waals surface area contributed by atoms with Gasteiger partial charge in [-0.15, -0.1) is 0 Å². The van der Waals surface area contributed by atoms with Gasteiger partial charge in [0.15, 0.2) is 0 Å². The summed E-state index contributed by atoms with van der Waals surface area (Å²) in [6.45, 7) is 3.55. The van der Waals surface area contributed by atoms with Gasteiger partial charge in [0.25, 0.3) is 0 Å². The van der Waals surface area contributed by atoms with E-state index < -0.39 is 30.1 Å². The van der Waals surface area contributed by atoms with E-state index >= 15 is 0 Å². The number of aromatic nitrogens is 1. The number of carbonyl (C=O) groups is 3. The van der Waals surface area contributed by atoms with Gasteiger partial charge in [0, 0.05) is 12.6 Å². The highest BCUT2D eigenvalue weighted by molar-refractivity contribution is 9.10. The molecule has 0 spiro atoms. The summed E-state index contributed by atoms with van der Waals surface area (Å²) in [6, 6.07) is 10.4. The molecule has 3 N–H and O–H groups in total. The van der Waals surface area contributed by atoms with Crippen LogP contribution in [0.15, 0.2) is 53.3 Å². The Bertz CT molecular complexity index is 876. The van der Waals surface area contributed by atoms with Gasteiger partial charge in [0.2, 0.25) is 5.91 Å². The number of hydrogen-bond acceptors (Lipinski definition) is 5. The Hall–Kier alpha value is -2.94. The molecule has 0 bridgehead atoms. The van der Waals surface area contributed by atoms with Crippen LogP contribution in [-0.2, 0) is 27.4 Å². The second-order valence-corrected chi connectivity index (χ2v) is 7.74. The first-order valence-corrected chi connectivity index (χ1v) is 10.2. The van der Waals surface area contributed by atoms with E-state index in [0.717, 1.165) is 5.56 Å². The van der Waals surface area contributed by atoms with Gasteiger partial charge in [-0.2, -0.15) is 0 Å². The van der Waals surface area contributed by atoms with Gasteiger partial charge in [0.05, 0.1) is 0 Å². The number of carbonyl (C=O) groups excluding carboxylic acids is 2. The van der Waals surface area contributed by atoms with Gasteiger partial charge in [-0.25, -0.2) is 14.6 Å². The van der Waals surface area contributed by atoms with Crippen molar-refractivity contribution in [2.24, 2.45) is 5.92 Å². The maximum Gasteiger partial charge on any atom is 0.408 e. The second-order valence-electron chi connectivity index (χ2n) is 6.98. The fourth-order valence-corrected chi connectivity index (χ4v) is 3.09. The number of aliphatic carboxylic acids is 1. The number of nitrogens with one attached hydrogen (secondary N) is 2. The van der Waals surface area contributed by atoms with Crippen molar-refractivity contribution in [3.63, 3.8) is 0 Å². The summed E-state index contributed by atoms with van der Waals surface area (Å²) in [4.78, 5) is 40.6. The van der Waals surface area contributed by atoms with Crippen molar-refractivity contribution in [3.8, 4) is 0 Å². The first-order valence-electron chi connectivity index (χ1n) is 9.37. The smallest absolute Gasteiger partial charge is 0.408 e. The van der Waals surface area contributed by atoms with E-state index in [1.165, 1.54) is 0 Å². The van der Waals surface area contributed by atoms with Crippen molar-refractivity contribution in [2.45, 2.75) is 39.0 Å². The first kappa shape index (κ1) is 23.3. The second kappa shape index (κ2) is 11.3. The molecule has 0 saturated heterocycles. The van der Waals surface area contributed by atoms with E-state index in [1.54, 1.807) is 32.2 Å². The maximum atomic E-state index is 12.7. The molecule has 1 aromatic heterocycles. The lowest BCUT2D eigenvalue weighted by Crippen LogP contribution is -2.54. The van der Waals surface area contributed by atoms with Crippen LogP contribution in [-0.4, -0.2) is 40.1 Å². The van der Waals surface area contributed by atoms with E-state index in [0.29, 0.717) is 10.2 Å². The van der Waals surface area contributed by atoms with Crippen LogP contribution >= 0.6 is 15.9 Å². The van der Waals surface area contributed by atoms with Crippen LogP contribution < -0.4 is 10.6 Å². The number of pyridine rings is 1. The lowest BCUT2D eigenvalue weighted by molar-refractivity contribution is -0.142. The summed E-state index contributed by atoms with van der Waals surface area (Å²) >= 11 is 3.27. The summed E-state index contributed by atoms with van der Waals surface area (Å²) in [6.07, 6.45) is 0.857. The molecule has 2 aromatic rings. The SMILES string of the molecule is CC(C)[C@H](NC(=O)OCc1ccccc1)C(=O)N[C@H](Cc1cccnc1Br)C(=O)O. The first-order chi connectivity index (χ1) is 14.3. The van der Waals surface area contributed by atoms with Gasteiger partial charge in [-0.1, -0.05) is 50.2 Å². The monoisotopic (exact) mass is 477 g/mol. The quantitative estimate of drug-likeness (QED) is 0.477. The van der Waals surface area contributed by atoms with Crippen LogP contribution in [0.4, 0.5) is 4.79 Å². The van der Waals surface area contributed by atoms with E-state index in [2.05, 4.69) is 31.5 Å². The summed E-state index contributed by atoms with van der Waals surface area (Å²) in [5.41, 5.74) is 1.45. The van der Waals surface area contributed by atoms with Gasteiger partial charge < -0.3 is 20.5 Å². The molecular weight excluding hydrogens is 454 g/mol. The van der Waals surface area contributed by atoms with Crippen LogP contribution in [0.25, 0.3) is 0 Å². The Labute approximate surface area is 183 Å². The standard InChI is InChI=1S/C21H24BrN3O5/c1-13(2)17(25-21(29)30-12-14-7-4-3-5-8-14)19(26)24-16(20(27)28)11-15-9-6-10-23-18(15)22/h3-10,13,16-17H,11-12H2,1-2H3,(H,24,26)(H,25,29)(H,27,28)/t16-,17+/m1/s1. The third kappa shape index (κ3) is 7.14. The third-order valence-corrected chi connectivity index (χ3v) is 5.02. The zero-order valence-electron chi connectivity index (χ0n) is 16.7. The Kier molecular flexibility index (Phi) is 8.79. The number of benzene rings is 1. The van der Waals surface area contributed by atoms with Crippen LogP contribution in [0, 0.1) is 5.92 Å². The zero-order chi connectivity index (χ0) is 22.1. The number of rotatable bonds is 9. The fourth-order valence-electron chi connectivity index (χ4n) is 2.68. The highest BCUT2D eigenvalue weighted by atomic mass is 79.9. The van der Waals surface area contributed by atoms with Crippen molar-refractivity contribution in [3.05, 3.63) is 64.4 Å². The molecule has 30 heavy (non-hydrogen) atoms. The number of carboxylic acid groups (broad SMARTS) is 1. The molecule has 160 valence electrons. The molecule has 1 heterocycles. The molecule has 2 rings (SSSR count). The molecule has 0 radical (unpaired) electrons. The van der Waals surface area contributed by atoms with Crippen molar-refractivity contribution >= 4 is 33.9 Å². The van der Waals surface area contributed by atoms with Crippen molar-refractivity contribution in [1.82, 2.24) is 15.6 Å². The van der Waals surface area contributed by atoms with Crippen LogP contribution in [0.2, 0.25) is 0 Å². The Balaban J connectivity index is 1.99. The van der Waals surface area contributed by atoms with Gasteiger partial charge in [-0.3, -0.25) is 4.79 Å². The third-order valence-electron chi connectivity index (χ3n) is 4.31. The molecule has 2 atom stereocenters. The van der Waals surface area contributed by atoms with Crippen molar-refractivity contribution < 1.29 is 24.2 Å². The number of hydrogen-bond donors (Lipinski definition) is 3. The fraction of sp³-hybridized carbons (Fsp3) is 0.333. The number of alkyl carbamates (subject to hydrolysis) is 1. The Morgan fingerprint density at radius 1 is 1.10 bits per heavy atom. The zero-order valence-corrected chi connectivity index (χ0v) is 18.3. The van der Waals surface area contributed by atoms with E-state index in [1.807, 2.05) is 30.3 Å². The summed E-state index contributed by atoms with van der Waals surface area (Å²) in [5.74, 6) is -2.07. The van der Waals surface area contributed by atoms with Gasteiger partial charge in [0.1, 0.15) is 23.3 Å². The molecule has 0 fully saturated rings. The summed E-state index contributed by atoms with van der Waals surface area (Å²) in [5, 5.41) is 14.5. The summed E-state index contributed by atoms with van der Waals surface area (Å²) < 4.78 is 5.67. The van der Waals surface area contributed by atoms with Gasteiger partial charge in [-0.05, 0) is 39.0 Å². The van der Waals surface area contributed by atoms with E-state index in [9.17, 15) is 19.5 Å². The lowest BCUT2D eigenvalue weighted by atomic mass is 10.0. The average Bonchev–Trinajstić information content (AvgIpc) is 2.71. The van der Waals surface area contributed by atoms with Crippen LogP contribution in [0.3, 0.4) is 0 Å². The lowest BCUT2D eigenvalue weighted by Gasteiger charge is -2.24. The Morgan fingerprint density at radius 3 is 2.40 bits per heavy atom. The molecule has 1 aromatic carbocycles. The van der Waals surface area contributed by atoms with E-state index in [4.69, 9.17) is 4.74 Å². The molecule has 0 saturated carbocycles. The minimum absolute atomic E-state index is 0.0404. The molecule has 0 aliphatic rings. The highest BCUT2D eigenvalue weighted by Gasteiger charge is 2.29. The van der Waals surface area contributed by atoms with E-state index in [-0.39, 0.29) is 18.9 Å². The maximum absolute atomic E-state index is 12.7. The average molecular weight is 478 g/mol. The molecule has 0 unspecified atom stereocenters. The number of amides is 2. The largest absolute Gasteiger partial charge is 0.480 e. The predicted molar refractivity (Wildman–Crippen MR) is 114 cm³/mol. The number of halogens is 1. The Morgan fingerprint density at radius 2 is 1.80 bits per heavy atom. The van der Waals surface area contributed by atoms with Crippen LogP contribution in [0.1, 0.15) is 25.0 Å². The highest BCUT2D eigenvalue weighted by Crippen LogP contribution is 2.15. The molecule has 8 nitrogen and oxygen atoms in total. The van der Waals surface area contributed by atoms with Gasteiger partial charge >= 0.3 is 12.1 Å². The number of ether oxygens (including phenoxy) is 1. The minimum atomic E-state index is -1.19. The molecule has 9 heteroatoms. The van der Waals surface area contributed by atoms with Crippen molar-refractivity contribution in [1.29, 1.82) is 0 Å². The molecule has 0 aliphatic carbocycles. The summed E-state index contributed by atoms with van der Waals surface area (Å²) in [7, 11) is 0. The predicted octanol–water partition coefficient (Wildman–Crippen LogP) is 2.91. The molecule has 2 amide bonds. The molecule has 0 aliphatic heterocycles. The molecular formula is C21H24BrN3O5. The number of carboxylic acids is 1. The topological polar surface area (TPSA) is 118 Å². The van der Waals surface area contributed by atoms with Crippen molar-refractivity contribution in [2.75, 3.05) is 0 Å². The minimum Gasteiger partial charge on any atom is -0.480 e. The van der Waals surface area contributed by atoms with Crippen LogP contribution in [0.5, 0.6) is 0 Å².